The number of allylic oxidation sites excluding steroid dienone is 4. The fourth-order valence-corrected chi connectivity index (χ4v) is 1.32. The van der Waals surface area contributed by atoms with Crippen molar-refractivity contribution >= 4 is 11.5 Å². The van der Waals surface area contributed by atoms with Crippen LogP contribution in [0.5, 0.6) is 0 Å². The summed E-state index contributed by atoms with van der Waals surface area (Å²) in [4.78, 5) is 23.0. The highest BCUT2D eigenvalue weighted by Crippen LogP contribution is 2.03. The van der Waals surface area contributed by atoms with Crippen LogP contribution in [0, 0.1) is 0 Å². The first kappa shape index (κ1) is 15.8. The van der Waals surface area contributed by atoms with Crippen molar-refractivity contribution in [1.29, 1.82) is 0 Å². The van der Waals surface area contributed by atoms with E-state index in [9.17, 15) is 9.59 Å². The van der Waals surface area contributed by atoms with Crippen LogP contribution in [0.15, 0.2) is 54.5 Å². The molecule has 0 unspecified atom stereocenters. The number of ketones is 1. The van der Waals surface area contributed by atoms with Gasteiger partial charge in [0, 0.05) is 11.9 Å². The Balaban J connectivity index is 0.000000873. The van der Waals surface area contributed by atoms with Crippen molar-refractivity contribution in [3.63, 3.8) is 0 Å². The van der Waals surface area contributed by atoms with Crippen LogP contribution in [0.3, 0.4) is 0 Å². The van der Waals surface area contributed by atoms with Gasteiger partial charge in [0.05, 0.1) is 5.56 Å². The zero-order valence-corrected chi connectivity index (χ0v) is 11.1. The van der Waals surface area contributed by atoms with E-state index in [2.05, 4.69) is 13.2 Å². The molecule has 0 radical (unpaired) electrons. The average molecular weight is 245 g/mol. The number of aromatic nitrogens is 1. The third kappa shape index (κ3) is 4.01. The first-order chi connectivity index (χ1) is 8.53. The van der Waals surface area contributed by atoms with Gasteiger partial charge in [0.1, 0.15) is 0 Å². The fraction of sp³-hybridized carbons (Fsp3) is 0.200. The first-order valence-corrected chi connectivity index (χ1v) is 5.62. The van der Waals surface area contributed by atoms with Gasteiger partial charge in [0.15, 0.2) is 5.78 Å². The highest BCUT2D eigenvalue weighted by molar-refractivity contribution is 5.93. The first-order valence-electron chi connectivity index (χ1n) is 5.62. The minimum absolute atomic E-state index is 0.193. The summed E-state index contributed by atoms with van der Waals surface area (Å²) in [5.74, 6) is -0.228. The van der Waals surface area contributed by atoms with E-state index >= 15 is 0 Å². The summed E-state index contributed by atoms with van der Waals surface area (Å²) in [7, 11) is 0. The van der Waals surface area contributed by atoms with Crippen LogP contribution in [-0.4, -0.2) is 10.4 Å². The summed E-state index contributed by atoms with van der Waals surface area (Å²) in [6, 6.07) is 3.20. The minimum Gasteiger partial charge on any atom is -0.294 e. The van der Waals surface area contributed by atoms with Gasteiger partial charge in [-0.25, -0.2) is 0 Å². The molecule has 0 saturated heterocycles. The third-order valence-electron chi connectivity index (χ3n) is 2.11. The Labute approximate surface area is 108 Å². The highest BCUT2D eigenvalue weighted by atomic mass is 16.1. The monoisotopic (exact) mass is 245 g/mol. The lowest BCUT2D eigenvalue weighted by atomic mass is 10.2. The molecule has 0 bridgehead atoms. The Morgan fingerprint density at radius 1 is 1.33 bits per heavy atom. The molecule has 0 aromatic carbocycles. The number of carbonyl (C=O) groups excluding carboxylic acids is 1. The van der Waals surface area contributed by atoms with Crippen molar-refractivity contribution in [2.24, 2.45) is 0 Å². The van der Waals surface area contributed by atoms with Gasteiger partial charge < -0.3 is 0 Å². The standard InChI is InChI=1S/C12H13NO2.C3H6/c1-4-10(5-2)13-8-6-7-11(9(3)14)12(13)15;1-3-2/h4-8H,1H2,2-3H3;3H,1H2,2H3/b10-5+;. The lowest BCUT2D eigenvalue weighted by molar-refractivity contribution is 0.101. The molecule has 0 fully saturated rings. The Hall–Kier alpha value is -2.16. The van der Waals surface area contributed by atoms with Crippen LogP contribution < -0.4 is 5.56 Å². The smallest absolute Gasteiger partial charge is 0.265 e. The molecule has 3 heteroatoms. The maximum Gasteiger partial charge on any atom is 0.265 e. The molecule has 0 saturated carbocycles. The highest BCUT2D eigenvalue weighted by Gasteiger charge is 2.07. The van der Waals surface area contributed by atoms with Crippen molar-refractivity contribution < 1.29 is 4.79 Å². The van der Waals surface area contributed by atoms with Crippen LogP contribution in [0.2, 0.25) is 0 Å². The van der Waals surface area contributed by atoms with E-state index < -0.39 is 0 Å². The van der Waals surface area contributed by atoms with Crippen LogP contribution in [-0.2, 0) is 0 Å². The van der Waals surface area contributed by atoms with Gasteiger partial charge in [0.25, 0.3) is 5.56 Å². The van der Waals surface area contributed by atoms with E-state index in [0.29, 0.717) is 5.70 Å². The molecule has 18 heavy (non-hydrogen) atoms. The molecular formula is C15H19NO2. The predicted molar refractivity (Wildman–Crippen MR) is 76.7 cm³/mol. The van der Waals surface area contributed by atoms with Crippen molar-refractivity contribution in [2.45, 2.75) is 20.8 Å². The minimum atomic E-state index is -0.307. The number of nitrogens with zero attached hydrogens (tertiary/aromatic N) is 1. The number of pyridine rings is 1. The van der Waals surface area contributed by atoms with Crippen molar-refractivity contribution in [3.05, 3.63) is 65.6 Å². The maximum atomic E-state index is 11.8. The van der Waals surface area contributed by atoms with Crippen molar-refractivity contribution in [3.8, 4) is 0 Å². The van der Waals surface area contributed by atoms with E-state index in [1.54, 1.807) is 30.5 Å². The summed E-state index contributed by atoms with van der Waals surface area (Å²) in [5, 5.41) is 0. The molecule has 0 N–H and O–H groups in total. The fourth-order valence-electron chi connectivity index (χ4n) is 1.32. The Morgan fingerprint density at radius 3 is 2.28 bits per heavy atom. The Morgan fingerprint density at radius 2 is 1.89 bits per heavy atom. The molecule has 1 heterocycles. The molecule has 0 aliphatic rings. The van der Waals surface area contributed by atoms with Crippen LogP contribution in [0.1, 0.15) is 31.1 Å². The number of carbonyl (C=O) groups is 1. The van der Waals surface area contributed by atoms with Gasteiger partial charge in [0.2, 0.25) is 0 Å². The lowest BCUT2D eigenvalue weighted by Gasteiger charge is -2.06. The zero-order valence-electron chi connectivity index (χ0n) is 11.1. The van der Waals surface area contributed by atoms with Crippen LogP contribution in [0.4, 0.5) is 0 Å². The predicted octanol–water partition coefficient (Wildman–Crippen LogP) is 3.29. The van der Waals surface area contributed by atoms with Crippen LogP contribution in [0.25, 0.3) is 5.70 Å². The second-order valence-electron chi connectivity index (χ2n) is 3.48. The van der Waals surface area contributed by atoms with Crippen molar-refractivity contribution in [2.75, 3.05) is 0 Å². The van der Waals surface area contributed by atoms with E-state index in [-0.39, 0.29) is 16.9 Å². The van der Waals surface area contributed by atoms with E-state index in [0.717, 1.165) is 0 Å². The second-order valence-corrected chi connectivity index (χ2v) is 3.48. The van der Waals surface area contributed by atoms with Gasteiger partial charge in [-0.05, 0) is 39.0 Å². The SMILES string of the molecule is C=C/C(=C\C)n1cccc(C(C)=O)c1=O.C=CC. The lowest BCUT2D eigenvalue weighted by Crippen LogP contribution is -2.23. The molecule has 0 aliphatic heterocycles. The quantitative estimate of drug-likeness (QED) is 0.465. The van der Waals surface area contributed by atoms with Gasteiger partial charge in [-0.3, -0.25) is 14.2 Å². The van der Waals surface area contributed by atoms with E-state index in [1.807, 2.05) is 13.8 Å². The molecule has 3 nitrogen and oxygen atoms in total. The molecule has 96 valence electrons. The summed E-state index contributed by atoms with van der Waals surface area (Å²) < 4.78 is 1.41. The molecule has 1 rings (SSSR count). The maximum absolute atomic E-state index is 11.8. The number of Topliss-reactive ketones (excluding diaryl/α,β-unsaturated/α-hetero) is 1. The molecule has 0 atom stereocenters. The number of hydrogen-bond acceptors (Lipinski definition) is 2. The molecule has 0 aliphatic carbocycles. The molecular weight excluding hydrogens is 226 g/mol. The molecule has 0 amide bonds. The second kappa shape index (κ2) is 8.01. The third-order valence-corrected chi connectivity index (χ3v) is 2.11. The largest absolute Gasteiger partial charge is 0.294 e. The van der Waals surface area contributed by atoms with Gasteiger partial charge in [-0.15, -0.1) is 6.58 Å². The topological polar surface area (TPSA) is 39.1 Å². The summed E-state index contributed by atoms with van der Waals surface area (Å²) in [5.41, 5.74) is 0.555. The van der Waals surface area contributed by atoms with Gasteiger partial charge >= 0.3 is 0 Å². The molecule has 1 aromatic heterocycles. The normalized spacial score (nSPS) is 10.1. The summed E-state index contributed by atoms with van der Waals surface area (Å²) in [6.07, 6.45) is 6.70. The van der Waals surface area contributed by atoms with Gasteiger partial charge in [-0.1, -0.05) is 18.7 Å². The average Bonchev–Trinajstić information content (AvgIpc) is 2.33. The Bertz CT molecular complexity index is 522. The number of rotatable bonds is 3. The Kier molecular flexibility index (Phi) is 7.05. The molecule has 1 aromatic rings. The summed E-state index contributed by atoms with van der Waals surface area (Å²) >= 11 is 0. The summed E-state index contributed by atoms with van der Waals surface area (Å²) in [6.45, 7) is 12.0. The van der Waals surface area contributed by atoms with E-state index in [1.165, 1.54) is 17.6 Å². The zero-order chi connectivity index (χ0) is 14.1. The van der Waals surface area contributed by atoms with Gasteiger partial charge in [-0.2, -0.15) is 0 Å². The van der Waals surface area contributed by atoms with Crippen LogP contribution >= 0.6 is 0 Å². The number of hydrogen-bond donors (Lipinski definition) is 0. The molecule has 0 spiro atoms. The van der Waals surface area contributed by atoms with E-state index in [4.69, 9.17) is 0 Å². The van der Waals surface area contributed by atoms with Crippen molar-refractivity contribution in [1.82, 2.24) is 4.57 Å².